The van der Waals surface area contributed by atoms with E-state index in [-0.39, 0.29) is 35.6 Å². The zero-order valence-electron chi connectivity index (χ0n) is 27.1. The quantitative estimate of drug-likeness (QED) is 0.0827. The predicted octanol–water partition coefficient (Wildman–Crippen LogP) is 8.88. The third-order valence-electron chi connectivity index (χ3n) is 6.26. The van der Waals surface area contributed by atoms with E-state index in [9.17, 15) is 14.4 Å². The molecule has 0 aliphatic rings. The van der Waals surface area contributed by atoms with E-state index in [0.717, 1.165) is 0 Å². The highest BCUT2D eigenvalue weighted by Crippen LogP contribution is 2.21. The lowest BCUT2D eigenvalue weighted by Gasteiger charge is -2.08. The molecule has 0 aliphatic carbocycles. The molecule has 4 N–H and O–H groups in total. The van der Waals surface area contributed by atoms with E-state index in [0.29, 0.717) is 55.7 Å². The minimum atomic E-state index is -0.499. The lowest BCUT2D eigenvalue weighted by atomic mass is 10.1. The summed E-state index contributed by atoms with van der Waals surface area (Å²) in [6.07, 6.45) is 2.88. The number of benzene rings is 3. The molecule has 2 aromatic heterocycles. The summed E-state index contributed by atoms with van der Waals surface area (Å²) in [6, 6.07) is 24.1. The number of anilines is 3. The standard InChI is InChI=1S/C14H10ClN3O2.C13H12ClN3O2.C8H4ClNO.ClH.FH.H2/c1-20-11-4-2-9(7-16)12(6-11)14(19)18-13-5-3-10(15)8-17-13;1-19-9-3-4-11(15)10(6-9)13(18)17-12-5-2-8(14)7-16-12;1-10-7-4-2-6(3-5-7)8(9)11;;;/h2-6,8H,1H3,(H,17,18,19);2-7H,15H2,1H3,(H,16,17,18);2-5H;3*1H/i;;;;;1+1. The average molecular weight is 790 g/mol. The molecule has 0 radical (unpaired) electrons. The Bertz CT molecular complexity index is 2060. The van der Waals surface area contributed by atoms with Crippen molar-refractivity contribution in [1.29, 1.82) is 5.26 Å². The van der Waals surface area contributed by atoms with E-state index >= 15 is 0 Å². The molecule has 3 aromatic carbocycles. The molecule has 2 amide bonds. The molecule has 12 nitrogen and oxygen atoms in total. The lowest BCUT2D eigenvalue weighted by Crippen LogP contribution is -2.15. The Morgan fingerprint density at radius 2 is 1.29 bits per heavy atom. The number of aromatic nitrogens is 2. The first-order valence-electron chi connectivity index (χ1n) is 14.0. The van der Waals surface area contributed by atoms with Gasteiger partial charge in [0.25, 0.3) is 17.1 Å². The van der Waals surface area contributed by atoms with Crippen molar-refractivity contribution < 1.29 is 30.0 Å². The molecule has 0 fully saturated rings. The molecule has 0 saturated heterocycles. The van der Waals surface area contributed by atoms with Crippen LogP contribution in [0.5, 0.6) is 11.5 Å². The smallest absolute Gasteiger partial charge is 0.259 e. The first-order valence-corrected chi connectivity index (χ1v) is 15.2. The minimum absolute atomic E-state index is 0. The van der Waals surface area contributed by atoms with E-state index in [1.807, 2.05) is 6.07 Å². The molecule has 0 bridgehead atoms. The number of nitriles is 1. The van der Waals surface area contributed by atoms with Crippen LogP contribution in [0, 0.1) is 17.9 Å². The summed E-state index contributed by atoms with van der Waals surface area (Å²) < 4.78 is 10.1. The number of hydrogen-bond acceptors (Lipinski definition) is 9. The van der Waals surface area contributed by atoms with Crippen molar-refractivity contribution in [3.63, 3.8) is 0 Å². The van der Waals surface area contributed by atoms with Crippen LogP contribution < -0.4 is 25.8 Å². The Balaban J connectivity index is 0.000000773. The van der Waals surface area contributed by atoms with Crippen LogP contribution in [0.1, 0.15) is 38.1 Å². The number of pyridine rings is 2. The predicted molar refractivity (Wildman–Crippen MR) is 204 cm³/mol. The second kappa shape index (κ2) is 22.0. The van der Waals surface area contributed by atoms with Crippen molar-refractivity contribution in [1.82, 2.24) is 9.97 Å². The fraction of sp³-hybridized carbons (Fsp3) is 0.0571. The van der Waals surface area contributed by atoms with Gasteiger partial charge >= 0.3 is 0 Å². The van der Waals surface area contributed by atoms with Gasteiger partial charge in [-0.25, -0.2) is 14.8 Å². The number of hydrogen-bond donors (Lipinski definition) is 3. The number of carbonyl (C=O) groups excluding carboxylic acids is 3. The summed E-state index contributed by atoms with van der Waals surface area (Å²) in [7, 11) is 3.01. The van der Waals surface area contributed by atoms with Gasteiger partial charge in [-0.2, -0.15) is 5.26 Å². The Labute approximate surface area is 320 Å². The number of nitrogen functional groups attached to an aromatic ring is 1. The number of amides is 2. The van der Waals surface area contributed by atoms with Crippen LogP contribution in [0.15, 0.2) is 97.3 Å². The van der Waals surface area contributed by atoms with Crippen LogP contribution in [0.25, 0.3) is 4.85 Å². The second-order valence-corrected chi connectivity index (χ2v) is 10.8. The van der Waals surface area contributed by atoms with E-state index in [4.69, 9.17) is 61.8 Å². The number of nitrogens with two attached hydrogens (primary N) is 1. The van der Waals surface area contributed by atoms with Gasteiger partial charge in [0.05, 0.1) is 53.6 Å². The van der Waals surface area contributed by atoms with Gasteiger partial charge in [0.1, 0.15) is 23.1 Å². The van der Waals surface area contributed by atoms with E-state index in [1.54, 1.807) is 60.7 Å². The Morgan fingerprint density at radius 1 is 0.808 bits per heavy atom. The van der Waals surface area contributed by atoms with Crippen LogP contribution >= 0.6 is 47.2 Å². The van der Waals surface area contributed by atoms with Crippen molar-refractivity contribution >= 4 is 87.3 Å². The number of halogens is 5. The van der Waals surface area contributed by atoms with E-state index < -0.39 is 11.1 Å². The first-order chi connectivity index (χ1) is 24.0. The van der Waals surface area contributed by atoms with Crippen LogP contribution in [0.3, 0.4) is 0 Å². The molecule has 52 heavy (non-hydrogen) atoms. The van der Waals surface area contributed by atoms with Gasteiger partial charge in [0.15, 0.2) is 5.69 Å². The number of methoxy groups -OCH3 is 2. The number of ether oxygens (including phenoxy) is 2. The maximum atomic E-state index is 12.2. The summed E-state index contributed by atoms with van der Waals surface area (Å²) >= 11 is 16.6. The van der Waals surface area contributed by atoms with Crippen molar-refractivity contribution in [2.75, 3.05) is 30.6 Å². The fourth-order valence-electron chi connectivity index (χ4n) is 3.73. The monoisotopic (exact) mass is 788 g/mol. The summed E-state index contributed by atoms with van der Waals surface area (Å²) in [5.41, 5.74) is 7.87. The van der Waals surface area contributed by atoms with Gasteiger partial charge in [-0.1, -0.05) is 47.5 Å². The fourth-order valence-corrected chi connectivity index (χ4v) is 4.08. The summed E-state index contributed by atoms with van der Waals surface area (Å²) in [6.45, 7) is 6.63. The SMILES string of the molecule is COc1ccc(C#N)c(C(=O)Nc2ccc(Cl)cn2)c1.COc1ccc(N)c(C(=O)Nc2ccc(Cl)cn2)c1.Cl.F.[2HH].[C-]#[N+]c1ccc(C(=O)Cl)cc1. The van der Waals surface area contributed by atoms with E-state index in [2.05, 4.69) is 25.4 Å². The third kappa shape index (κ3) is 13.4. The van der Waals surface area contributed by atoms with Crippen molar-refractivity contribution in [3.05, 3.63) is 141 Å². The molecule has 17 heteroatoms. The Morgan fingerprint density at radius 3 is 1.71 bits per heavy atom. The summed E-state index contributed by atoms with van der Waals surface area (Å²) in [5.74, 6) is 1.02. The van der Waals surface area contributed by atoms with Crippen LogP contribution in [-0.2, 0) is 0 Å². The Kier molecular flexibility index (Phi) is 18.6. The molecule has 0 unspecified atom stereocenters. The average Bonchev–Trinajstić information content (AvgIpc) is 3.13. The number of nitrogens with one attached hydrogen (secondary N) is 2. The molecular weight excluding hydrogens is 759 g/mol. The van der Waals surface area contributed by atoms with Gasteiger partial charge in [0, 0.05) is 25.1 Å². The molecule has 5 rings (SSSR count). The highest BCUT2D eigenvalue weighted by atomic mass is 35.5. The molecule has 0 saturated carbocycles. The summed E-state index contributed by atoms with van der Waals surface area (Å²) in [4.78, 5) is 45.9. The van der Waals surface area contributed by atoms with Gasteiger partial charge in [-0.05, 0) is 72.3 Å². The molecule has 0 atom stereocenters. The number of rotatable bonds is 7. The van der Waals surface area contributed by atoms with Crippen molar-refractivity contribution in [2.24, 2.45) is 0 Å². The van der Waals surface area contributed by atoms with E-state index in [1.165, 1.54) is 50.9 Å². The second-order valence-electron chi connectivity index (χ2n) is 9.54. The highest BCUT2D eigenvalue weighted by molar-refractivity contribution is 6.67. The normalized spacial score (nSPS) is 9.21. The Hall–Kier alpha value is -5.96. The van der Waals surface area contributed by atoms with Crippen LogP contribution in [0.4, 0.5) is 27.7 Å². The minimum Gasteiger partial charge on any atom is -0.497 e. The number of nitrogens with zero attached hydrogens (tertiary/aromatic N) is 4. The van der Waals surface area contributed by atoms with Gasteiger partial charge in [0.2, 0.25) is 0 Å². The first kappa shape index (κ1) is 44.1. The largest absolute Gasteiger partial charge is 0.497 e. The van der Waals surface area contributed by atoms with Crippen molar-refractivity contribution in [3.8, 4) is 17.6 Å². The van der Waals surface area contributed by atoms with Gasteiger partial charge in [-0.15, -0.1) is 12.4 Å². The van der Waals surface area contributed by atoms with Crippen LogP contribution in [-0.4, -0.2) is 41.2 Å². The topological polar surface area (TPSA) is 174 Å². The number of carbonyl (C=O) groups is 3. The maximum Gasteiger partial charge on any atom is 0.259 e. The molecule has 5 aromatic rings. The highest BCUT2D eigenvalue weighted by Gasteiger charge is 2.14. The van der Waals surface area contributed by atoms with Gasteiger partial charge in [-0.3, -0.25) is 19.1 Å². The molecule has 2 heterocycles. The molecule has 0 spiro atoms. The summed E-state index contributed by atoms with van der Waals surface area (Å²) in [5, 5.41) is 14.7. The molecule has 270 valence electrons. The zero-order valence-corrected chi connectivity index (χ0v) is 30.2. The van der Waals surface area contributed by atoms with Crippen molar-refractivity contribution in [2.45, 2.75) is 0 Å². The van der Waals surface area contributed by atoms with Crippen LogP contribution in [0.2, 0.25) is 10.0 Å². The lowest BCUT2D eigenvalue weighted by molar-refractivity contribution is 0.101. The third-order valence-corrected chi connectivity index (χ3v) is 6.92. The molecular formula is C35H30Cl4FN7O5. The maximum absolute atomic E-state index is 12.2. The van der Waals surface area contributed by atoms with Gasteiger partial charge < -0.3 is 25.8 Å². The zero-order chi connectivity index (χ0) is 36.6. The molecule has 0 aliphatic heterocycles.